The van der Waals surface area contributed by atoms with Gasteiger partial charge in [-0.1, -0.05) is 13.3 Å². The first-order valence-electron chi connectivity index (χ1n) is 8.00. The first-order valence-corrected chi connectivity index (χ1v) is 8.00. The van der Waals surface area contributed by atoms with Crippen molar-refractivity contribution in [2.45, 2.75) is 63.6 Å². The van der Waals surface area contributed by atoms with Crippen molar-refractivity contribution in [1.29, 1.82) is 0 Å². The number of hydrogen-bond acceptors (Lipinski definition) is 3. The van der Waals surface area contributed by atoms with Crippen LogP contribution < -0.4 is 5.32 Å². The van der Waals surface area contributed by atoms with Crippen LogP contribution >= 0.6 is 0 Å². The first-order chi connectivity index (χ1) is 10.0. The lowest BCUT2D eigenvalue weighted by molar-refractivity contribution is -0.137. The van der Waals surface area contributed by atoms with E-state index in [0.717, 1.165) is 32.4 Å². The van der Waals surface area contributed by atoms with Gasteiger partial charge in [-0.3, -0.25) is 9.69 Å². The number of carboxylic acids is 1. The highest BCUT2D eigenvalue weighted by Gasteiger charge is 2.36. The number of nitrogens with zero attached hydrogens (tertiary/aromatic N) is 2. The highest BCUT2D eigenvalue weighted by molar-refractivity contribution is 5.76. The molecule has 0 spiro atoms. The summed E-state index contributed by atoms with van der Waals surface area (Å²) in [6.45, 7) is 3.52. The SMILES string of the molecule is CCCC(CC(=O)O)NC(=O)N1CCC2CCC(C1)N2C. The Kier molecular flexibility index (Phi) is 5.45. The van der Waals surface area contributed by atoms with Gasteiger partial charge in [0, 0.05) is 31.2 Å². The van der Waals surface area contributed by atoms with Gasteiger partial charge >= 0.3 is 12.0 Å². The normalized spacial score (nSPS) is 27.2. The van der Waals surface area contributed by atoms with Gasteiger partial charge in [-0.15, -0.1) is 0 Å². The fraction of sp³-hybridized carbons (Fsp3) is 0.867. The van der Waals surface area contributed by atoms with Crippen molar-refractivity contribution < 1.29 is 14.7 Å². The molecule has 2 aliphatic rings. The lowest BCUT2D eigenvalue weighted by Gasteiger charge is -2.28. The van der Waals surface area contributed by atoms with Crippen molar-refractivity contribution >= 4 is 12.0 Å². The lowest BCUT2D eigenvalue weighted by Crippen LogP contribution is -2.48. The summed E-state index contributed by atoms with van der Waals surface area (Å²) in [5, 5.41) is 11.8. The van der Waals surface area contributed by atoms with Crippen molar-refractivity contribution in [3.8, 4) is 0 Å². The van der Waals surface area contributed by atoms with Gasteiger partial charge < -0.3 is 15.3 Å². The molecule has 3 atom stereocenters. The van der Waals surface area contributed by atoms with E-state index in [1.807, 2.05) is 11.8 Å². The van der Waals surface area contributed by atoms with Crippen LogP contribution in [0, 0.1) is 0 Å². The molecule has 21 heavy (non-hydrogen) atoms. The van der Waals surface area contributed by atoms with Gasteiger partial charge in [-0.2, -0.15) is 0 Å². The van der Waals surface area contributed by atoms with E-state index in [9.17, 15) is 9.59 Å². The number of rotatable bonds is 5. The fourth-order valence-corrected chi connectivity index (χ4v) is 3.54. The lowest BCUT2D eigenvalue weighted by atomic mass is 10.1. The van der Waals surface area contributed by atoms with Gasteiger partial charge in [-0.25, -0.2) is 4.79 Å². The summed E-state index contributed by atoms with van der Waals surface area (Å²) in [7, 11) is 2.15. The van der Waals surface area contributed by atoms with E-state index in [1.54, 1.807) is 0 Å². The molecule has 2 fully saturated rings. The Labute approximate surface area is 126 Å². The van der Waals surface area contributed by atoms with Crippen molar-refractivity contribution in [3.05, 3.63) is 0 Å². The third kappa shape index (κ3) is 4.09. The van der Waals surface area contributed by atoms with E-state index in [2.05, 4.69) is 17.3 Å². The van der Waals surface area contributed by atoms with E-state index in [4.69, 9.17) is 5.11 Å². The third-order valence-corrected chi connectivity index (χ3v) is 4.82. The number of fused-ring (bicyclic) bond motifs is 2. The number of nitrogens with one attached hydrogen (secondary N) is 1. The molecule has 2 N–H and O–H groups in total. The molecule has 3 unspecified atom stereocenters. The number of carbonyl (C=O) groups excluding carboxylic acids is 1. The summed E-state index contributed by atoms with van der Waals surface area (Å²) < 4.78 is 0. The summed E-state index contributed by atoms with van der Waals surface area (Å²) in [5.74, 6) is -0.858. The van der Waals surface area contributed by atoms with Gasteiger partial charge in [0.2, 0.25) is 0 Å². The Morgan fingerprint density at radius 1 is 1.29 bits per heavy atom. The van der Waals surface area contributed by atoms with E-state index in [0.29, 0.717) is 18.5 Å². The molecule has 2 saturated heterocycles. The number of likely N-dealkylation sites (N-methyl/N-ethyl adjacent to an activating group) is 1. The number of carbonyl (C=O) groups is 2. The third-order valence-electron chi connectivity index (χ3n) is 4.82. The van der Waals surface area contributed by atoms with Gasteiger partial charge in [-0.05, 0) is 32.7 Å². The zero-order valence-electron chi connectivity index (χ0n) is 13.0. The molecule has 2 aliphatic heterocycles. The second kappa shape index (κ2) is 7.11. The average molecular weight is 297 g/mol. The topological polar surface area (TPSA) is 72.9 Å². The summed E-state index contributed by atoms with van der Waals surface area (Å²) in [5.41, 5.74) is 0. The van der Waals surface area contributed by atoms with Crippen LogP contribution in [0.4, 0.5) is 4.79 Å². The molecule has 0 aromatic carbocycles. The number of likely N-dealkylation sites (tertiary alicyclic amines) is 1. The molecule has 0 aromatic heterocycles. The largest absolute Gasteiger partial charge is 0.481 e. The van der Waals surface area contributed by atoms with Crippen molar-refractivity contribution in [1.82, 2.24) is 15.1 Å². The number of aliphatic carboxylic acids is 1. The van der Waals surface area contributed by atoms with Crippen molar-refractivity contribution in [3.63, 3.8) is 0 Å². The van der Waals surface area contributed by atoms with Gasteiger partial charge in [0.15, 0.2) is 0 Å². The van der Waals surface area contributed by atoms with Crippen LogP contribution in [-0.4, -0.2) is 65.2 Å². The molecule has 6 heteroatoms. The average Bonchev–Trinajstić information content (AvgIpc) is 2.62. The predicted molar refractivity (Wildman–Crippen MR) is 80.2 cm³/mol. The highest BCUT2D eigenvalue weighted by Crippen LogP contribution is 2.28. The number of amides is 2. The molecule has 120 valence electrons. The smallest absolute Gasteiger partial charge is 0.317 e. The molecule has 2 rings (SSSR count). The molecular weight excluding hydrogens is 270 g/mol. The van der Waals surface area contributed by atoms with E-state index in [1.165, 1.54) is 6.42 Å². The van der Waals surface area contributed by atoms with Crippen LogP contribution in [0.25, 0.3) is 0 Å². The minimum Gasteiger partial charge on any atom is -0.481 e. The van der Waals surface area contributed by atoms with Crippen molar-refractivity contribution in [2.75, 3.05) is 20.1 Å². The van der Waals surface area contributed by atoms with Crippen LogP contribution in [-0.2, 0) is 4.79 Å². The van der Waals surface area contributed by atoms with Crippen LogP contribution in [0.15, 0.2) is 0 Å². The zero-order chi connectivity index (χ0) is 15.4. The number of hydrogen-bond donors (Lipinski definition) is 2. The van der Waals surface area contributed by atoms with Crippen LogP contribution in [0.1, 0.15) is 45.4 Å². The summed E-state index contributed by atoms with van der Waals surface area (Å²) in [6.07, 6.45) is 4.97. The molecule has 6 nitrogen and oxygen atoms in total. The second-order valence-corrected chi connectivity index (χ2v) is 6.32. The Morgan fingerprint density at radius 3 is 2.67 bits per heavy atom. The van der Waals surface area contributed by atoms with E-state index >= 15 is 0 Å². The Hall–Kier alpha value is -1.30. The van der Waals surface area contributed by atoms with Crippen LogP contribution in [0.5, 0.6) is 0 Å². The molecule has 2 amide bonds. The van der Waals surface area contributed by atoms with E-state index < -0.39 is 5.97 Å². The molecule has 0 radical (unpaired) electrons. The zero-order valence-corrected chi connectivity index (χ0v) is 13.0. The Bertz CT molecular complexity index is 388. The summed E-state index contributed by atoms with van der Waals surface area (Å²) in [6, 6.07) is 0.680. The Morgan fingerprint density at radius 2 is 2.00 bits per heavy atom. The maximum atomic E-state index is 12.4. The summed E-state index contributed by atoms with van der Waals surface area (Å²) in [4.78, 5) is 27.5. The second-order valence-electron chi connectivity index (χ2n) is 6.32. The van der Waals surface area contributed by atoms with Crippen molar-refractivity contribution in [2.24, 2.45) is 0 Å². The predicted octanol–water partition coefficient (Wildman–Crippen LogP) is 1.51. The van der Waals surface area contributed by atoms with E-state index in [-0.39, 0.29) is 18.5 Å². The Balaban J connectivity index is 1.91. The molecular formula is C15H27N3O3. The fourth-order valence-electron chi connectivity index (χ4n) is 3.54. The number of urea groups is 1. The maximum absolute atomic E-state index is 12.4. The van der Waals surface area contributed by atoms with Crippen LogP contribution in [0.3, 0.4) is 0 Å². The maximum Gasteiger partial charge on any atom is 0.317 e. The first kappa shape index (κ1) is 16.1. The van der Waals surface area contributed by atoms with Gasteiger partial charge in [0.05, 0.1) is 6.42 Å². The minimum atomic E-state index is -0.858. The molecule has 2 heterocycles. The highest BCUT2D eigenvalue weighted by atomic mass is 16.4. The van der Waals surface area contributed by atoms with Crippen LogP contribution in [0.2, 0.25) is 0 Å². The molecule has 0 aliphatic carbocycles. The van der Waals surface area contributed by atoms with Gasteiger partial charge in [0.1, 0.15) is 0 Å². The number of carboxylic acid groups (broad SMARTS) is 1. The quantitative estimate of drug-likeness (QED) is 0.807. The molecule has 0 aromatic rings. The molecule has 2 bridgehead atoms. The van der Waals surface area contributed by atoms with Gasteiger partial charge in [0.25, 0.3) is 0 Å². The molecule has 0 saturated carbocycles. The standard InChI is InChI=1S/C15H27N3O3/c1-3-4-11(9-14(19)20)16-15(21)18-8-7-12-5-6-13(10-18)17(12)2/h11-13H,3-10H2,1-2H3,(H,16,21)(H,19,20). The minimum absolute atomic E-state index is 0.000619. The summed E-state index contributed by atoms with van der Waals surface area (Å²) >= 11 is 0. The monoisotopic (exact) mass is 297 g/mol.